The van der Waals surface area contributed by atoms with E-state index in [4.69, 9.17) is 5.73 Å². The molecule has 0 atom stereocenters. The Labute approximate surface area is 154 Å². The molecule has 25 heavy (non-hydrogen) atoms. The molecule has 0 fully saturated rings. The molecule has 0 bridgehead atoms. The van der Waals surface area contributed by atoms with Crippen LogP contribution in [0.15, 0.2) is 42.5 Å². The summed E-state index contributed by atoms with van der Waals surface area (Å²) in [6.45, 7) is 4.54. The molecule has 136 valence electrons. The zero-order valence-corrected chi connectivity index (χ0v) is 16.2. The van der Waals surface area contributed by atoms with Gasteiger partial charge in [-0.1, -0.05) is 82.7 Å². The molecule has 2 aromatic carbocycles. The van der Waals surface area contributed by atoms with Crippen LogP contribution in [0.2, 0.25) is 0 Å². The van der Waals surface area contributed by atoms with Crippen LogP contribution in [0.3, 0.4) is 0 Å². The van der Waals surface area contributed by atoms with Gasteiger partial charge in [0.05, 0.1) is 0 Å². The molecule has 1 nitrogen and oxygen atoms in total. The van der Waals surface area contributed by atoms with Gasteiger partial charge < -0.3 is 5.73 Å². The van der Waals surface area contributed by atoms with Crippen molar-refractivity contribution in [2.45, 2.75) is 78.1 Å². The van der Waals surface area contributed by atoms with E-state index in [2.05, 4.69) is 56.3 Å². The zero-order chi connectivity index (χ0) is 17.9. The number of anilines is 1. The first kappa shape index (κ1) is 19.6. The lowest BCUT2D eigenvalue weighted by Crippen LogP contribution is -1.97. The molecule has 0 aromatic heterocycles. The van der Waals surface area contributed by atoms with Gasteiger partial charge in [0.15, 0.2) is 0 Å². The summed E-state index contributed by atoms with van der Waals surface area (Å²) < 4.78 is 0. The normalized spacial score (nSPS) is 11.0. The van der Waals surface area contributed by atoms with Crippen molar-refractivity contribution in [3.63, 3.8) is 0 Å². The highest BCUT2D eigenvalue weighted by Gasteiger charge is 2.10. The molecule has 0 amide bonds. The minimum absolute atomic E-state index is 0.884. The van der Waals surface area contributed by atoms with Crippen LogP contribution in [0.1, 0.15) is 76.3 Å². The van der Waals surface area contributed by atoms with E-state index in [-0.39, 0.29) is 0 Å². The van der Waals surface area contributed by atoms with Crippen LogP contribution in [-0.4, -0.2) is 0 Å². The highest BCUT2D eigenvalue weighted by atomic mass is 14.5. The quantitative estimate of drug-likeness (QED) is 0.341. The number of hydrogen-bond acceptors (Lipinski definition) is 1. The van der Waals surface area contributed by atoms with E-state index in [0.717, 1.165) is 12.1 Å². The van der Waals surface area contributed by atoms with Gasteiger partial charge in [0.1, 0.15) is 0 Å². The number of hydrogen-bond donors (Lipinski definition) is 1. The largest absolute Gasteiger partial charge is 0.399 e. The van der Waals surface area contributed by atoms with Crippen molar-refractivity contribution in [3.8, 4) is 11.1 Å². The van der Waals surface area contributed by atoms with E-state index in [1.165, 1.54) is 80.0 Å². The third-order valence-electron chi connectivity index (χ3n) is 5.04. The van der Waals surface area contributed by atoms with Gasteiger partial charge in [0.2, 0.25) is 0 Å². The highest BCUT2D eigenvalue weighted by Crippen LogP contribution is 2.31. The van der Waals surface area contributed by atoms with Crippen molar-refractivity contribution in [1.29, 1.82) is 0 Å². The SMILES string of the molecule is CCCCCCc1ccccc1-c1ccc(N)cc1CCCCCC. The Kier molecular flexibility index (Phi) is 8.59. The molecule has 0 saturated heterocycles. The van der Waals surface area contributed by atoms with Gasteiger partial charge in [0, 0.05) is 5.69 Å². The second-order valence-corrected chi connectivity index (χ2v) is 7.20. The molecule has 1 heteroatoms. The number of nitrogen functional groups attached to an aromatic ring is 1. The van der Waals surface area contributed by atoms with E-state index in [1.54, 1.807) is 0 Å². The Bertz CT molecular complexity index is 630. The summed E-state index contributed by atoms with van der Waals surface area (Å²) in [7, 11) is 0. The second-order valence-electron chi connectivity index (χ2n) is 7.20. The number of unbranched alkanes of at least 4 members (excludes halogenated alkanes) is 6. The maximum absolute atomic E-state index is 6.09. The number of aryl methyl sites for hydroxylation is 2. The first-order valence-corrected chi connectivity index (χ1v) is 10.2. The maximum atomic E-state index is 6.09. The molecule has 2 rings (SSSR count). The van der Waals surface area contributed by atoms with Crippen LogP contribution in [-0.2, 0) is 12.8 Å². The van der Waals surface area contributed by atoms with Crippen LogP contribution < -0.4 is 5.73 Å². The minimum Gasteiger partial charge on any atom is -0.399 e. The lowest BCUT2D eigenvalue weighted by Gasteiger charge is -2.15. The molecule has 0 aliphatic heterocycles. The van der Waals surface area contributed by atoms with Crippen LogP contribution in [0, 0.1) is 0 Å². The Morgan fingerprint density at radius 3 is 1.92 bits per heavy atom. The number of rotatable bonds is 11. The van der Waals surface area contributed by atoms with Crippen molar-refractivity contribution in [3.05, 3.63) is 53.6 Å². The van der Waals surface area contributed by atoms with Gasteiger partial charge in [-0.05, 0) is 60.1 Å². The van der Waals surface area contributed by atoms with E-state index in [1.807, 2.05) is 0 Å². The van der Waals surface area contributed by atoms with Crippen LogP contribution in [0.5, 0.6) is 0 Å². The third kappa shape index (κ3) is 6.23. The summed E-state index contributed by atoms with van der Waals surface area (Å²) in [4.78, 5) is 0. The van der Waals surface area contributed by atoms with E-state index >= 15 is 0 Å². The smallest absolute Gasteiger partial charge is 0.0317 e. The maximum Gasteiger partial charge on any atom is 0.0317 e. The van der Waals surface area contributed by atoms with Crippen LogP contribution in [0.25, 0.3) is 11.1 Å². The van der Waals surface area contributed by atoms with Crippen molar-refractivity contribution >= 4 is 5.69 Å². The number of nitrogens with two attached hydrogens (primary N) is 1. The fraction of sp³-hybridized carbons (Fsp3) is 0.500. The van der Waals surface area contributed by atoms with Crippen molar-refractivity contribution in [2.24, 2.45) is 0 Å². The third-order valence-corrected chi connectivity index (χ3v) is 5.04. The molecule has 0 saturated carbocycles. The molecular formula is C24H35N. The summed E-state index contributed by atoms with van der Waals surface area (Å²) in [5.41, 5.74) is 12.7. The lowest BCUT2D eigenvalue weighted by atomic mass is 9.90. The predicted octanol–water partition coefficient (Wildman–Crippen LogP) is 7.18. The van der Waals surface area contributed by atoms with Crippen molar-refractivity contribution in [2.75, 3.05) is 5.73 Å². The number of benzene rings is 2. The van der Waals surface area contributed by atoms with Crippen molar-refractivity contribution < 1.29 is 0 Å². The van der Waals surface area contributed by atoms with E-state index < -0.39 is 0 Å². The minimum atomic E-state index is 0.884. The zero-order valence-electron chi connectivity index (χ0n) is 16.2. The summed E-state index contributed by atoms with van der Waals surface area (Å²) in [6, 6.07) is 15.4. The molecule has 0 spiro atoms. The highest BCUT2D eigenvalue weighted by molar-refractivity contribution is 5.72. The van der Waals surface area contributed by atoms with Gasteiger partial charge in [0.25, 0.3) is 0 Å². The van der Waals surface area contributed by atoms with Gasteiger partial charge in [-0.25, -0.2) is 0 Å². The summed E-state index contributed by atoms with van der Waals surface area (Å²) >= 11 is 0. The lowest BCUT2D eigenvalue weighted by molar-refractivity contribution is 0.665. The molecular weight excluding hydrogens is 302 g/mol. The fourth-order valence-electron chi connectivity index (χ4n) is 3.57. The molecule has 0 heterocycles. The second kappa shape index (κ2) is 11.0. The van der Waals surface area contributed by atoms with Gasteiger partial charge in [-0.2, -0.15) is 0 Å². The van der Waals surface area contributed by atoms with Gasteiger partial charge in [-0.3, -0.25) is 0 Å². The Morgan fingerprint density at radius 1 is 0.640 bits per heavy atom. The monoisotopic (exact) mass is 337 g/mol. The van der Waals surface area contributed by atoms with E-state index in [9.17, 15) is 0 Å². The standard InChI is InChI=1S/C24H35N/c1-3-5-7-9-13-20-14-11-12-16-23(20)24-18-17-22(25)19-21(24)15-10-8-6-4-2/h11-12,14,16-19H,3-10,13,15,25H2,1-2H3. The van der Waals surface area contributed by atoms with Crippen LogP contribution >= 0.6 is 0 Å². The van der Waals surface area contributed by atoms with E-state index in [0.29, 0.717) is 0 Å². The molecule has 2 N–H and O–H groups in total. The molecule has 2 aromatic rings. The Hall–Kier alpha value is -1.76. The van der Waals surface area contributed by atoms with Gasteiger partial charge in [-0.15, -0.1) is 0 Å². The summed E-state index contributed by atoms with van der Waals surface area (Å²) in [5, 5.41) is 0. The first-order chi connectivity index (χ1) is 12.3. The summed E-state index contributed by atoms with van der Waals surface area (Å²) in [6.07, 6.45) is 12.7. The molecule has 0 aliphatic carbocycles. The Balaban J connectivity index is 2.19. The predicted molar refractivity (Wildman–Crippen MR) is 112 cm³/mol. The average molecular weight is 338 g/mol. The van der Waals surface area contributed by atoms with Gasteiger partial charge >= 0.3 is 0 Å². The first-order valence-electron chi connectivity index (χ1n) is 10.2. The molecule has 0 aliphatic rings. The Morgan fingerprint density at radius 2 is 1.24 bits per heavy atom. The molecule has 0 radical (unpaired) electrons. The topological polar surface area (TPSA) is 26.0 Å². The van der Waals surface area contributed by atoms with Crippen molar-refractivity contribution in [1.82, 2.24) is 0 Å². The average Bonchev–Trinajstić information content (AvgIpc) is 2.63. The molecule has 0 unspecified atom stereocenters. The fourth-order valence-corrected chi connectivity index (χ4v) is 3.57. The summed E-state index contributed by atoms with van der Waals surface area (Å²) in [5.74, 6) is 0. The van der Waals surface area contributed by atoms with Crippen LogP contribution in [0.4, 0.5) is 5.69 Å².